The van der Waals surface area contributed by atoms with Gasteiger partial charge in [-0.05, 0) is 37.3 Å². The van der Waals surface area contributed by atoms with E-state index in [0.29, 0.717) is 23.5 Å². The number of hydrogen-bond donors (Lipinski definition) is 0. The van der Waals surface area contributed by atoms with Crippen molar-refractivity contribution in [3.05, 3.63) is 64.2 Å². The number of Topliss-reactive ketones (excluding diaryl/α,β-unsaturated/α-hetero) is 1. The molecule has 0 saturated carbocycles. The molecule has 1 aromatic heterocycles. The van der Waals surface area contributed by atoms with E-state index in [4.69, 9.17) is 9.15 Å². The lowest BCUT2D eigenvalue weighted by atomic mass is 10.1. The first-order chi connectivity index (χ1) is 13.1. The zero-order chi connectivity index (χ0) is 19.2. The molecule has 0 fully saturated rings. The molecule has 0 bridgehead atoms. The van der Waals surface area contributed by atoms with E-state index in [2.05, 4.69) is 10.2 Å². The SMILES string of the molecule is CCOc1ccc(C(=O)CSc2nnc(-c3cccc([N+](=O)[O-])c3)o2)cc1. The Bertz CT molecular complexity index is 956. The number of nitrogens with zero attached hydrogens (tertiary/aromatic N) is 3. The van der Waals surface area contributed by atoms with E-state index < -0.39 is 4.92 Å². The van der Waals surface area contributed by atoms with Gasteiger partial charge >= 0.3 is 0 Å². The first kappa shape index (κ1) is 18.6. The van der Waals surface area contributed by atoms with E-state index in [1.807, 2.05) is 6.92 Å². The zero-order valence-electron chi connectivity index (χ0n) is 14.3. The van der Waals surface area contributed by atoms with Gasteiger partial charge in [-0.3, -0.25) is 14.9 Å². The molecule has 0 spiro atoms. The molecule has 9 heteroatoms. The lowest BCUT2D eigenvalue weighted by Crippen LogP contribution is -2.02. The van der Waals surface area contributed by atoms with Crippen molar-refractivity contribution in [1.29, 1.82) is 0 Å². The highest BCUT2D eigenvalue weighted by atomic mass is 32.2. The first-order valence-corrected chi connectivity index (χ1v) is 9.02. The van der Waals surface area contributed by atoms with Gasteiger partial charge in [0.25, 0.3) is 10.9 Å². The summed E-state index contributed by atoms with van der Waals surface area (Å²) in [5.74, 6) is 0.915. The summed E-state index contributed by atoms with van der Waals surface area (Å²) in [6, 6.07) is 12.8. The van der Waals surface area contributed by atoms with Crippen LogP contribution in [0.25, 0.3) is 11.5 Å². The molecule has 3 rings (SSSR count). The van der Waals surface area contributed by atoms with Crippen LogP contribution >= 0.6 is 11.8 Å². The Labute approximate surface area is 158 Å². The van der Waals surface area contributed by atoms with Gasteiger partial charge in [0.15, 0.2) is 5.78 Å². The number of aromatic nitrogens is 2. The number of ketones is 1. The van der Waals surface area contributed by atoms with Crippen LogP contribution < -0.4 is 4.74 Å². The molecule has 0 aliphatic heterocycles. The first-order valence-electron chi connectivity index (χ1n) is 8.04. The third-order valence-corrected chi connectivity index (χ3v) is 4.34. The van der Waals surface area contributed by atoms with Crippen molar-refractivity contribution in [3.8, 4) is 17.2 Å². The fourth-order valence-corrected chi connectivity index (χ4v) is 2.91. The van der Waals surface area contributed by atoms with Crippen LogP contribution in [0.15, 0.2) is 58.2 Å². The molecule has 0 atom stereocenters. The van der Waals surface area contributed by atoms with E-state index in [1.165, 1.54) is 12.1 Å². The van der Waals surface area contributed by atoms with E-state index >= 15 is 0 Å². The topological polar surface area (TPSA) is 108 Å². The summed E-state index contributed by atoms with van der Waals surface area (Å²) in [7, 11) is 0. The number of thioether (sulfide) groups is 1. The molecule has 8 nitrogen and oxygen atoms in total. The van der Waals surface area contributed by atoms with Gasteiger partial charge in [-0.2, -0.15) is 0 Å². The lowest BCUT2D eigenvalue weighted by Gasteiger charge is -2.03. The van der Waals surface area contributed by atoms with E-state index in [1.54, 1.807) is 36.4 Å². The average molecular weight is 385 g/mol. The normalized spacial score (nSPS) is 10.6. The van der Waals surface area contributed by atoms with Gasteiger partial charge in [0.2, 0.25) is 5.89 Å². The Morgan fingerprint density at radius 2 is 2.00 bits per heavy atom. The summed E-state index contributed by atoms with van der Waals surface area (Å²) in [4.78, 5) is 22.6. The van der Waals surface area contributed by atoms with Crippen molar-refractivity contribution < 1.29 is 18.9 Å². The van der Waals surface area contributed by atoms with Gasteiger partial charge < -0.3 is 9.15 Å². The van der Waals surface area contributed by atoms with Crippen molar-refractivity contribution in [3.63, 3.8) is 0 Å². The molecule has 0 radical (unpaired) electrons. The van der Waals surface area contributed by atoms with Crippen molar-refractivity contribution in [2.75, 3.05) is 12.4 Å². The molecule has 3 aromatic rings. The second-order valence-corrected chi connectivity index (χ2v) is 6.28. The number of benzene rings is 2. The van der Waals surface area contributed by atoms with Crippen LogP contribution in [0.4, 0.5) is 5.69 Å². The average Bonchev–Trinajstić information content (AvgIpc) is 3.16. The summed E-state index contributed by atoms with van der Waals surface area (Å²) < 4.78 is 10.8. The van der Waals surface area contributed by atoms with Crippen molar-refractivity contribution in [2.24, 2.45) is 0 Å². The van der Waals surface area contributed by atoms with Crippen LogP contribution in [0.2, 0.25) is 0 Å². The number of non-ortho nitro benzene ring substituents is 1. The maximum atomic E-state index is 12.3. The Morgan fingerprint density at radius 1 is 1.22 bits per heavy atom. The number of carbonyl (C=O) groups is 1. The largest absolute Gasteiger partial charge is 0.494 e. The summed E-state index contributed by atoms with van der Waals surface area (Å²) in [5, 5.41) is 18.8. The molecule has 2 aromatic carbocycles. The smallest absolute Gasteiger partial charge is 0.277 e. The van der Waals surface area contributed by atoms with E-state index in [-0.39, 0.29) is 28.3 Å². The molecular formula is C18H15N3O5S. The Hall–Kier alpha value is -3.20. The zero-order valence-corrected chi connectivity index (χ0v) is 15.1. The molecule has 0 N–H and O–H groups in total. The van der Waals surface area contributed by atoms with Crippen LogP contribution in [0, 0.1) is 10.1 Å². The molecular weight excluding hydrogens is 370 g/mol. The Kier molecular flexibility index (Phi) is 5.82. The molecule has 0 aliphatic carbocycles. The van der Waals surface area contributed by atoms with Crippen LogP contribution in [0.5, 0.6) is 5.75 Å². The quantitative estimate of drug-likeness (QED) is 0.248. The van der Waals surface area contributed by atoms with Crippen LogP contribution in [0.3, 0.4) is 0 Å². The number of rotatable bonds is 8. The maximum absolute atomic E-state index is 12.3. The van der Waals surface area contributed by atoms with Gasteiger partial charge in [0.1, 0.15) is 5.75 Å². The second-order valence-electron chi connectivity index (χ2n) is 5.35. The third-order valence-electron chi connectivity index (χ3n) is 3.52. The summed E-state index contributed by atoms with van der Waals surface area (Å²) in [5.41, 5.74) is 0.941. The van der Waals surface area contributed by atoms with E-state index in [0.717, 1.165) is 11.8 Å². The summed E-state index contributed by atoms with van der Waals surface area (Å²) in [6.07, 6.45) is 0. The minimum Gasteiger partial charge on any atom is -0.494 e. The van der Waals surface area contributed by atoms with Crippen molar-refractivity contribution >= 4 is 23.2 Å². The fraction of sp³-hybridized carbons (Fsp3) is 0.167. The fourth-order valence-electron chi connectivity index (χ4n) is 2.25. The number of ether oxygens (including phenoxy) is 1. The van der Waals surface area contributed by atoms with E-state index in [9.17, 15) is 14.9 Å². The summed E-state index contributed by atoms with van der Waals surface area (Å²) >= 11 is 1.11. The second kappa shape index (κ2) is 8.45. The molecule has 1 heterocycles. The van der Waals surface area contributed by atoms with Gasteiger partial charge in [-0.15, -0.1) is 10.2 Å². The molecule has 0 amide bonds. The highest BCUT2D eigenvalue weighted by Gasteiger charge is 2.14. The van der Waals surface area contributed by atoms with Gasteiger partial charge in [-0.1, -0.05) is 17.8 Å². The number of carbonyl (C=O) groups excluding carboxylic acids is 1. The highest BCUT2D eigenvalue weighted by molar-refractivity contribution is 7.99. The number of nitro benzene ring substituents is 1. The van der Waals surface area contributed by atoms with Crippen molar-refractivity contribution in [1.82, 2.24) is 10.2 Å². The molecule has 138 valence electrons. The predicted molar refractivity (Wildman–Crippen MR) is 99.1 cm³/mol. The van der Waals surface area contributed by atoms with Crippen LogP contribution in [0.1, 0.15) is 17.3 Å². The minimum absolute atomic E-state index is 0.0643. The molecule has 0 saturated heterocycles. The molecule has 0 aliphatic rings. The van der Waals surface area contributed by atoms with Gasteiger partial charge in [0.05, 0.1) is 17.3 Å². The lowest BCUT2D eigenvalue weighted by molar-refractivity contribution is -0.384. The highest BCUT2D eigenvalue weighted by Crippen LogP contribution is 2.26. The summed E-state index contributed by atoms with van der Waals surface area (Å²) in [6.45, 7) is 2.45. The predicted octanol–water partition coefficient (Wildman–Crippen LogP) is 4.02. The van der Waals surface area contributed by atoms with Crippen LogP contribution in [-0.2, 0) is 0 Å². The monoisotopic (exact) mass is 385 g/mol. The minimum atomic E-state index is -0.495. The molecule has 27 heavy (non-hydrogen) atoms. The van der Waals surface area contributed by atoms with Crippen LogP contribution in [-0.4, -0.2) is 33.3 Å². The third kappa shape index (κ3) is 4.70. The number of nitro groups is 1. The standard InChI is InChI=1S/C18H15N3O5S/c1-2-25-15-8-6-12(7-9-15)16(22)11-27-18-20-19-17(26-18)13-4-3-5-14(10-13)21(23)24/h3-10H,2,11H2,1H3. The number of hydrogen-bond acceptors (Lipinski definition) is 8. The Balaban J connectivity index is 1.63. The Morgan fingerprint density at radius 3 is 2.70 bits per heavy atom. The molecule has 0 unspecified atom stereocenters. The maximum Gasteiger partial charge on any atom is 0.277 e. The van der Waals surface area contributed by atoms with Gasteiger partial charge in [-0.25, -0.2) is 0 Å². The van der Waals surface area contributed by atoms with Crippen molar-refractivity contribution in [2.45, 2.75) is 12.1 Å². The van der Waals surface area contributed by atoms with Gasteiger partial charge in [0, 0.05) is 23.3 Å².